The molecule has 0 unspecified atom stereocenters. The second-order valence-electron chi connectivity index (χ2n) is 5.67. The third-order valence-electron chi connectivity index (χ3n) is 3.21. The van der Waals surface area contributed by atoms with Gasteiger partial charge in [-0.25, -0.2) is 4.79 Å². The maximum Gasteiger partial charge on any atom is 0.408 e. The standard InChI is InChI=1S/C12H19N3O4/c1-12(2,3)15(11(16)17)8-4-5-9(18-6-8)10-13-7-19-14-10/h7-9H,4-6H2,1-3H3,(H,16,17)/t8-,9+/m1/s1. The molecule has 2 heterocycles. The van der Waals surface area contributed by atoms with Gasteiger partial charge in [0.15, 0.2) is 5.82 Å². The fourth-order valence-corrected chi connectivity index (χ4v) is 2.46. The van der Waals surface area contributed by atoms with E-state index in [2.05, 4.69) is 14.7 Å². The van der Waals surface area contributed by atoms with Crippen LogP contribution in [0, 0.1) is 0 Å². The summed E-state index contributed by atoms with van der Waals surface area (Å²) < 4.78 is 10.4. The van der Waals surface area contributed by atoms with Crippen LogP contribution in [0.5, 0.6) is 0 Å². The Morgan fingerprint density at radius 1 is 1.47 bits per heavy atom. The molecule has 7 nitrogen and oxygen atoms in total. The lowest BCUT2D eigenvalue weighted by Gasteiger charge is -2.42. The third-order valence-corrected chi connectivity index (χ3v) is 3.21. The van der Waals surface area contributed by atoms with Crippen LogP contribution in [-0.2, 0) is 4.74 Å². The molecule has 1 aliphatic rings. The summed E-state index contributed by atoms with van der Waals surface area (Å²) in [6.45, 7) is 5.99. The predicted molar refractivity (Wildman–Crippen MR) is 65.6 cm³/mol. The Balaban J connectivity index is 2.00. The smallest absolute Gasteiger partial charge is 0.408 e. The van der Waals surface area contributed by atoms with Crippen molar-refractivity contribution in [1.82, 2.24) is 15.0 Å². The molecule has 1 aliphatic heterocycles. The summed E-state index contributed by atoms with van der Waals surface area (Å²) in [5, 5.41) is 13.1. The van der Waals surface area contributed by atoms with Crippen molar-refractivity contribution in [2.24, 2.45) is 0 Å². The van der Waals surface area contributed by atoms with E-state index in [4.69, 9.17) is 4.74 Å². The van der Waals surface area contributed by atoms with Crippen molar-refractivity contribution in [3.63, 3.8) is 0 Å². The third kappa shape index (κ3) is 3.04. The molecule has 1 N–H and O–H groups in total. The summed E-state index contributed by atoms with van der Waals surface area (Å²) in [6.07, 6.45) is 1.56. The minimum atomic E-state index is -0.917. The summed E-state index contributed by atoms with van der Waals surface area (Å²) in [4.78, 5) is 16.8. The van der Waals surface area contributed by atoms with E-state index in [0.29, 0.717) is 18.9 Å². The Kier molecular flexibility index (Phi) is 3.75. The van der Waals surface area contributed by atoms with Crippen molar-refractivity contribution in [2.45, 2.75) is 51.3 Å². The molecule has 0 aliphatic carbocycles. The second-order valence-corrected chi connectivity index (χ2v) is 5.67. The first-order valence-electron chi connectivity index (χ1n) is 6.29. The van der Waals surface area contributed by atoms with Crippen molar-refractivity contribution >= 4 is 6.09 Å². The zero-order valence-corrected chi connectivity index (χ0v) is 11.4. The molecule has 1 amide bonds. The molecule has 0 bridgehead atoms. The lowest BCUT2D eigenvalue weighted by Crippen LogP contribution is -2.54. The van der Waals surface area contributed by atoms with Gasteiger partial charge in [-0.2, -0.15) is 4.98 Å². The topological polar surface area (TPSA) is 88.7 Å². The molecule has 0 radical (unpaired) electrons. The zero-order chi connectivity index (χ0) is 14.0. The molecule has 1 aromatic rings. The van der Waals surface area contributed by atoms with E-state index in [-0.39, 0.29) is 12.1 Å². The lowest BCUT2D eigenvalue weighted by atomic mass is 9.98. The summed E-state index contributed by atoms with van der Waals surface area (Å²) >= 11 is 0. The highest BCUT2D eigenvalue weighted by molar-refractivity contribution is 5.66. The van der Waals surface area contributed by atoms with E-state index >= 15 is 0 Å². The molecule has 2 rings (SSSR count). The minimum absolute atomic E-state index is 0.138. The van der Waals surface area contributed by atoms with Crippen molar-refractivity contribution in [3.8, 4) is 0 Å². The Morgan fingerprint density at radius 2 is 2.21 bits per heavy atom. The van der Waals surface area contributed by atoms with Crippen LogP contribution < -0.4 is 0 Å². The molecule has 0 aromatic carbocycles. The van der Waals surface area contributed by atoms with Gasteiger partial charge < -0.3 is 14.4 Å². The molecule has 0 saturated carbocycles. The van der Waals surface area contributed by atoms with Crippen LogP contribution >= 0.6 is 0 Å². The lowest BCUT2D eigenvalue weighted by molar-refractivity contribution is -0.0553. The minimum Gasteiger partial charge on any atom is -0.465 e. The maximum absolute atomic E-state index is 11.4. The van der Waals surface area contributed by atoms with Crippen LogP contribution in [0.3, 0.4) is 0 Å². The number of aromatic nitrogens is 2. The van der Waals surface area contributed by atoms with E-state index in [0.717, 1.165) is 6.42 Å². The van der Waals surface area contributed by atoms with E-state index in [1.54, 1.807) is 0 Å². The van der Waals surface area contributed by atoms with E-state index < -0.39 is 11.6 Å². The van der Waals surface area contributed by atoms with Crippen molar-refractivity contribution < 1.29 is 19.2 Å². The molecular formula is C12H19N3O4. The Bertz CT molecular complexity index is 419. The highest BCUT2D eigenvalue weighted by Crippen LogP contribution is 2.30. The average Bonchev–Trinajstić information content (AvgIpc) is 2.81. The van der Waals surface area contributed by atoms with Gasteiger partial charge in [0.25, 0.3) is 0 Å². The molecule has 0 spiro atoms. The first-order valence-corrected chi connectivity index (χ1v) is 6.29. The van der Waals surface area contributed by atoms with E-state index in [9.17, 15) is 9.90 Å². The number of rotatable bonds is 2. The van der Waals surface area contributed by atoms with Crippen molar-refractivity contribution in [2.75, 3.05) is 6.61 Å². The number of carboxylic acid groups (broad SMARTS) is 1. The fourth-order valence-electron chi connectivity index (χ4n) is 2.46. The monoisotopic (exact) mass is 269 g/mol. The van der Waals surface area contributed by atoms with Gasteiger partial charge in [-0.3, -0.25) is 4.90 Å². The molecule has 106 valence electrons. The van der Waals surface area contributed by atoms with Gasteiger partial charge in [-0.05, 0) is 33.6 Å². The van der Waals surface area contributed by atoms with Crippen LogP contribution in [0.1, 0.15) is 45.5 Å². The molecule has 1 aromatic heterocycles. The van der Waals surface area contributed by atoms with Crippen molar-refractivity contribution in [1.29, 1.82) is 0 Å². The molecule has 7 heteroatoms. The first kappa shape index (κ1) is 13.8. The SMILES string of the molecule is CC(C)(C)N(C(=O)O)[C@@H]1CC[C@@H](c2ncon2)OC1. The number of hydrogen-bond donors (Lipinski definition) is 1. The Hall–Kier alpha value is -1.63. The van der Waals surface area contributed by atoms with Gasteiger partial charge >= 0.3 is 6.09 Å². The van der Waals surface area contributed by atoms with Gasteiger partial charge in [0.2, 0.25) is 6.39 Å². The van der Waals surface area contributed by atoms with Crippen LogP contribution in [0.4, 0.5) is 4.79 Å². The molecular weight excluding hydrogens is 250 g/mol. The molecule has 1 saturated heterocycles. The molecule has 2 atom stereocenters. The fraction of sp³-hybridized carbons (Fsp3) is 0.750. The quantitative estimate of drug-likeness (QED) is 0.884. The summed E-state index contributed by atoms with van der Waals surface area (Å²) in [5.74, 6) is 0.524. The zero-order valence-electron chi connectivity index (χ0n) is 11.4. The second kappa shape index (κ2) is 5.16. The van der Waals surface area contributed by atoms with Gasteiger partial charge in [0.1, 0.15) is 6.10 Å². The van der Waals surface area contributed by atoms with E-state index in [1.165, 1.54) is 11.3 Å². The molecule has 1 fully saturated rings. The van der Waals surface area contributed by atoms with Crippen LogP contribution in [0.25, 0.3) is 0 Å². The Labute approximate surface area is 111 Å². The highest BCUT2D eigenvalue weighted by atomic mass is 16.5. The first-order chi connectivity index (χ1) is 8.89. The molecule has 19 heavy (non-hydrogen) atoms. The summed E-state index contributed by atoms with van der Waals surface area (Å²) in [5.41, 5.74) is -0.446. The average molecular weight is 269 g/mol. The number of ether oxygens (including phenoxy) is 1. The number of amides is 1. The number of nitrogens with zero attached hydrogens (tertiary/aromatic N) is 3. The van der Waals surface area contributed by atoms with Gasteiger partial charge in [-0.1, -0.05) is 5.16 Å². The summed E-state index contributed by atoms with van der Waals surface area (Å²) in [6, 6.07) is -0.138. The van der Waals surface area contributed by atoms with Gasteiger partial charge in [0, 0.05) is 5.54 Å². The van der Waals surface area contributed by atoms with Gasteiger partial charge in [0.05, 0.1) is 12.6 Å². The van der Waals surface area contributed by atoms with Crippen LogP contribution in [0.15, 0.2) is 10.9 Å². The normalized spacial score (nSPS) is 24.2. The number of carbonyl (C=O) groups is 1. The maximum atomic E-state index is 11.4. The predicted octanol–water partition coefficient (Wildman–Crippen LogP) is 2.07. The highest BCUT2D eigenvalue weighted by Gasteiger charge is 2.37. The Morgan fingerprint density at radius 3 is 2.63 bits per heavy atom. The van der Waals surface area contributed by atoms with Crippen LogP contribution in [-0.4, -0.2) is 44.4 Å². The van der Waals surface area contributed by atoms with Gasteiger partial charge in [-0.15, -0.1) is 0 Å². The largest absolute Gasteiger partial charge is 0.465 e. The number of hydrogen-bond acceptors (Lipinski definition) is 5. The van der Waals surface area contributed by atoms with Crippen LogP contribution in [0.2, 0.25) is 0 Å². The van der Waals surface area contributed by atoms with E-state index in [1.807, 2.05) is 20.8 Å². The van der Waals surface area contributed by atoms with Crippen molar-refractivity contribution in [3.05, 3.63) is 12.2 Å². The summed E-state index contributed by atoms with van der Waals surface area (Å²) in [7, 11) is 0.